The van der Waals surface area contributed by atoms with Crippen molar-refractivity contribution < 1.29 is 0 Å². The van der Waals surface area contributed by atoms with E-state index >= 15 is 0 Å². The van der Waals surface area contributed by atoms with Gasteiger partial charge in [0.05, 0.1) is 22.4 Å². The molecule has 1 aromatic heterocycles. The predicted molar refractivity (Wildman–Crippen MR) is 383 cm³/mol. The molecule has 450 valence electrons. The van der Waals surface area contributed by atoms with Crippen LogP contribution >= 0.6 is 0 Å². The number of aromatic nitrogens is 1. The SMILES string of the molecule is Cc1cc(C(C)(C)C)cc(C)c1N1c2cc(N(c3ccc(C(C)(C)C)cc3)c3ccc4c5ccccc5n(-c5ccccc5)c4c3)ccc2B2c3ccc(C(C)(C)C)cc3N(c3c(C)cc(C(C)(C)C)cc3C)c3cc(C45CC6CC(CC(C6)C4)C5)cc1c32. The van der Waals surface area contributed by atoms with Gasteiger partial charge in [0.1, 0.15) is 0 Å². The van der Waals surface area contributed by atoms with Crippen molar-refractivity contribution in [1.82, 2.24) is 4.57 Å². The van der Waals surface area contributed by atoms with E-state index in [0.29, 0.717) is 0 Å². The molecule has 10 aromatic rings. The number of benzene rings is 9. The van der Waals surface area contributed by atoms with Gasteiger partial charge in [-0.05, 0) is 250 Å². The maximum Gasteiger partial charge on any atom is 0.252 e. The van der Waals surface area contributed by atoms with Crippen molar-refractivity contribution in [2.45, 2.75) is 176 Å². The Morgan fingerprint density at radius 2 is 0.831 bits per heavy atom. The van der Waals surface area contributed by atoms with Crippen LogP contribution in [0, 0.1) is 45.4 Å². The maximum absolute atomic E-state index is 2.79. The lowest BCUT2D eigenvalue weighted by Crippen LogP contribution is -2.62. The van der Waals surface area contributed by atoms with Gasteiger partial charge in [-0.2, -0.15) is 0 Å². The number of rotatable bonds is 7. The second-order valence-electron chi connectivity index (χ2n) is 32.4. The Morgan fingerprint density at radius 3 is 1.36 bits per heavy atom. The predicted octanol–water partition coefficient (Wildman–Crippen LogP) is 21.2. The quantitative estimate of drug-likeness (QED) is 0.148. The fourth-order valence-electron chi connectivity index (χ4n) is 17.8. The molecule has 0 radical (unpaired) electrons. The van der Waals surface area contributed by atoms with Crippen LogP contribution in [0.5, 0.6) is 0 Å². The van der Waals surface area contributed by atoms with Gasteiger partial charge < -0.3 is 19.3 Å². The van der Waals surface area contributed by atoms with Gasteiger partial charge >= 0.3 is 0 Å². The van der Waals surface area contributed by atoms with Crippen LogP contribution in [0.25, 0.3) is 27.5 Å². The highest BCUT2D eigenvalue weighted by Gasteiger charge is 2.53. The van der Waals surface area contributed by atoms with Crippen LogP contribution < -0.4 is 31.1 Å². The third-order valence-corrected chi connectivity index (χ3v) is 21.9. The van der Waals surface area contributed by atoms with Gasteiger partial charge in [-0.1, -0.05) is 180 Å². The minimum Gasteiger partial charge on any atom is -0.311 e. The lowest BCUT2D eigenvalue weighted by atomic mass is 9.33. The van der Waals surface area contributed by atoms with E-state index in [4.69, 9.17) is 0 Å². The highest BCUT2D eigenvalue weighted by atomic mass is 15.2. The molecular formula is C84H91BN4. The first-order valence-electron chi connectivity index (χ1n) is 33.5. The molecule has 0 unspecified atom stereocenters. The molecule has 3 heterocycles. The lowest BCUT2D eigenvalue weighted by Gasteiger charge is -2.57. The van der Waals surface area contributed by atoms with Crippen molar-refractivity contribution in [1.29, 1.82) is 0 Å². The first kappa shape index (κ1) is 57.7. The largest absolute Gasteiger partial charge is 0.311 e. The first-order valence-corrected chi connectivity index (χ1v) is 33.5. The molecule has 0 amide bonds. The van der Waals surface area contributed by atoms with Crippen LogP contribution in [-0.4, -0.2) is 11.3 Å². The van der Waals surface area contributed by atoms with Crippen molar-refractivity contribution in [3.63, 3.8) is 0 Å². The zero-order valence-electron chi connectivity index (χ0n) is 56.0. The molecule has 16 rings (SSSR count). The van der Waals surface area contributed by atoms with Crippen LogP contribution in [0.3, 0.4) is 0 Å². The monoisotopic (exact) mass is 1170 g/mol. The van der Waals surface area contributed by atoms with E-state index in [1.165, 1.54) is 155 Å². The van der Waals surface area contributed by atoms with E-state index in [-0.39, 0.29) is 33.8 Å². The number of hydrogen-bond acceptors (Lipinski definition) is 3. The van der Waals surface area contributed by atoms with E-state index in [2.05, 4.69) is 300 Å². The van der Waals surface area contributed by atoms with Crippen LogP contribution in [0.15, 0.2) is 170 Å². The summed E-state index contributed by atoms with van der Waals surface area (Å²) in [4.78, 5) is 8.13. The van der Waals surface area contributed by atoms with Gasteiger partial charge in [0.15, 0.2) is 0 Å². The van der Waals surface area contributed by atoms with Crippen LogP contribution in [0.1, 0.15) is 172 Å². The molecule has 4 aliphatic carbocycles. The number of hydrogen-bond donors (Lipinski definition) is 0. The average Bonchev–Trinajstić information content (AvgIpc) is 1.25. The summed E-state index contributed by atoms with van der Waals surface area (Å²) in [5, 5.41) is 2.50. The average molecular weight is 1170 g/mol. The zero-order valence-corrected chi connectivity index (χ0v) is 56.0. The summed E-state index contributed by atoms with van der Waals surface area (Å²) in [5.74, 6) is 2.40. The standard InChI is InChI=1S/C84H91BN4/c1-51-36-60(82(11,12)13)37-52(2)78(51)88-73-43-59(81(8,9)10)28-34-69(73)85-70-35-32-66(86(64-29-26-58(27-30-64)80(5,6)7)65-31-33-68-67-24-20-21-25-71(67)87(72(68)46-65)63-22-18-17-19-23-63)47-74(70)89(79-53(3)38-61(39-54(79)4)83(14,15)16)76-45-62(44-75(88)77(76)85)84-48-55-40-56(49-84)42-57(41-55)50-84/h17-39,43-47,55-57H,40-42,48-50H2,1-16H3. The van der Waals surface area contributed by atoms with Gasteiger partial charge in [-0.3, -0.25) is 0 Å². The Bertz CT molecular complexity index is 4430. The molecule has 9 aromatic carbocycles. The molecule has 89 heavy (non-hydrogen) atoms. The van der Waals surface area contributed by atoms with Crippen LogP contribution in [0.2, 0.25) is 0 Å². The van der Waals surface area contributed by atoms with Crippen LogP contribution in [0.4, 0.5) is 51.2 Å². The minimum absolute atomic E-state index is 0.00245. The summed E-state index contributed by atoms with van der Waals surface area (Å²) in [7, 11) is 0. The Morgan fingerprint density at radius 1 is 0.393 bits per heavy atom. The Balaban J connectivity index is 1.05. The number of anilines is 9. The van der Waals surface area contributed by atoms with E-state index in [9.17, 15) is 0 Å². The van der Waals surface area contributed by atoms with Gasteiger partial charge in [0, 0.05) is 56.3 Å². The normalized spacial score (nSPS) is 19.5. The van der Waals surface area contributed by atoms with E-state index in [1.54, 1.807) is 5.56 Å². The minimum atomic E-state index is -0.0647. The van der Waals surface area contributed by atoms with Crippen LogP contribution in [-0.2, 0) is 27.1 Å². The molecule has 4 fully saturated rings. The van der Waals surface area contributed by atoms with E-state index in [1.807, 2.05) is 0 Å². The van der Waals surface area contributed by atoms with E-state index in [0.717, 1.165) is 40.5 Å². The molecule has 6 aliphatic rings. The van der Waals surface area contributed by atoms with Crippen molar-refractivity contribution in [2.24, 2.45) is 17.8 Å². The molecule has 4 bridgehead atoms. The fourth-order valence-corrected chi connectivity index (χ4v) is 17.8. The van der Waals surface area contributed by atoms with Gasteiger partial charge in [-0.15, -0.1) is 0 Å². The van der Waals surface area contributed by atoms with E-state index < -0.39 is 0 Å². The van der Waals surface area contributed by atoms with Crippen molar-refractivity contribution in [3.05, 3.63) is 220 Å². The number of fused-ring (bicyclic) bond motifs is 7. The molecular weight excluding hydrogens is 1080 g/mol. The molecule has 0 atom stereocenters. The van der Waals surface area contributed by atoms with Gasteiger partial charge in [0.2, 0.25) is 0 Å². The first-order chi connectivity index (χ1) is 42.2. The smallest absolute Gasteiger partial charge is 0.252 e. The summed E-state index contributed by atoms with van der Waals surface area (Å²) < 4.78 is 2.46. The Hall–Kier alpha value is -7.76. The number of aryl methyl sites for hydroxylation is 4. The third-order valence-electron chi connectivity index (χ3n) is 21.9. The molecule has 5 heteroatoms. The maximum atomic E-state index is 2.79. The summed E-state index contributed by atoms with van der Waals surface area (Å²) in [6.07, 6.45) is 8.09. The third kappa shape index (κ3) is 9.35. The summed E-state index contributed by atoms with van der Waals surface area (Å²) >= 11 is 0. The summed E-state index contributed by atoms with van der Waals surface area (Å²) in [6, 6.07) is 67.2. The molecule has 0 spiro atoms. The topological polar surface area (TPSA) is 14.7 Å². The molecule has 2 aliphatic heterocycles. The summed E-state index contributed by atoms with van der Waals surface area (Å²) in [5.41, 5.74) is 31.2. The van der Waals surface area contributed by atoms with Crippen molar-refractivity contribution in [2.75, 3.05) is 14.7 Å². The molecule has 4 saturated carbocycles. The second-order valence-corrected chi connectivity index (χ2v) is 32.4. The molecule has 4 nitrogen and oxygen atoms in total. The fraction of sp³-hybridized carbons (Fsp3) is 0.357. The van der Waals surface area contributed by atoms with Crippen molar-refractivity contribution >= 4 is 96.1 Å². The zero-order chi connectivity index (χ0) is 62.2. The lowest BCUT2D eigenvalue weighted by molar-refractivity contribution is -0.00514. The molecule has 0 N–H and O–H groups in total. The molecule has 0 saturated heterocycles. The van der Waals surface area contributed by atoms with Gasteiger partial charge in [-0.25, -0.2) is 0 Å². The Labute approximate surface area is 532 Å². The second kappa shape index (κ2) is 20.1. The van der Waals surface area contributed by atoms with Gasteiger partial charge in [0.25, 0.3) is 6.71 Å². The highest BCUT2D eigenvalue weighted by Crippen LogP contribution is 2.62. The summed E-state index contributed by atoms with van der Waals surface area (Å²) in [6.45, 7) is 37.9. The number of nitrogens with zero attached hydrogens (tertiary/aromatic N) is 4. The Kier molecular flexibility index (Phi) is 13.0. The highest BCUT2D eigenvalue weighted by molar-refractivity contribution is 7.00. The van der Waals surface area contributed by atoms with Crippen molar-refractivity contribution in [3.8, 4) is 5.69 Å². The number of para-hydroxylation sites is 2.